The largest absolute Gasteiger partial charge is 0.344 e. The Labute approximate surface area is 212 Å². The average Bonchev–Trinajstić information content (AvgIpc) is 2.87. The molecule has 1 rings (SSSR count). The molecule has 0 bridgehead atoms. The molecule has 1 aromatic rings. The van der Waals surface area contributed by atoms with E-state index in [1.54, 1.807) is 6.92 Å². The molecule has 1 N–H and O–H groups in total. The molecule has 0 aliphatic carbocycles. The minimum atomic E-state index is -0.829. The lowest BCUT2D eigenvalue weighted by atomic mass is 9.93. The van der Waals surface area contributed by atoms with Crippen LogP contribution in [0.25, 0.3) is 0 Å². The number of carbonyl (C=O) groups is 4. The van der Waals surface area contributed by atoms with Crippen molar-refractivity contribution < 1.29 is 19.2 Å². The Bertz CT molecular complexity index is 765. The van der Waals surface area contributed by atoms with Gasteiger partial charge >= 0.3 is 0 Å². The van der Waals surface area contributed by atoms with Crippen molar-refractivity contribution in [1.29, 1.82) is 0 Å². The first-order valence-electron chi connectivity index (χ1n) is 13.5. The van der Waals surface area contributed by atoms with Crippen LogP contribution in [0.1, 0.15) is 110 Å². The minimum absolute atomic E-state index is 0.184. The highest BCUT2D eigenvalue weighted by atomic mass is 16.2. The van der Waals surface area contributed by atoms with Crippen LogP contribution < -0.4 is 5.32 Å². The molecule has 0 aromatic heterocycles. The predicted octanol–water partition coefficient (Wildman–Crippen LogP) is 5.59. The summed E-state index contributed by atoms with van der Waals surface area (Å²) < 4.78 is 0. The van der Waals surface area contributed by atoms with Gasteiger partial charge in [0.1, 0.15) is 6.04 Å². The zero-order valence-corrected chi connectivity index (χ0v) is 22.3. The SMILES string of the molecule is CCCCCCN(C=O)C(C)C(=O)NC(CCCCC)C(=O)C(=O)CCCC(C)c1ccccc1. The molecule has 2 amide bonds. The summed E-state index contributed by atoms with van der Waals surface area (Å²) in [6.45, 7) is 8.48. The summed E-state index contributed by atoms with van der Waals surface area (Å²) in [7, 11) is 0. The fourth-order valence-electron chi connectivity index (χ4n) is 4.20. The normalized spacial score (nSPS) is 13.5. The van der Waals surface area contributed by atoms with Gasteiger partial charge in [-0.2, -0.15) is 0 Å². The van der Waals surface area contributed by atoms with Crippen LogP contribution in [0.15, 0.2) is 30.3 Å². The van der Waals surface area contributed by atoms with Crippen LogP contribution in [0.3, 0.4) is 0 Å². The number of amides is 2. The first-order valence-corrected chi connectivity index (χ1v) is 13.5. The molecule has 1 aromatic carbocycles. The third kappa shape index (κ3) is 11.7. The van der Waals surface area contributed by atoms with Gasteiger partial charge in [0.2, 0.25) is 23.9 Å². The Morgan fingerprint density at radius 1 is 0.886 bits per heavy atom. The number of hydrogen-bond donors (Lipinski definition) is 1. The van der Waals surface area contributed by atoms with E-state index in [0.717, 1.165) is 51.4 Å². The summed E-state index contributed by atoms with van der Waals surface area (Å²) >= 11 is 0. The van der Waals surface area contributed by atoms with E-state index in [1.807, 2.05) is 18.2 Å². The maximum absolute atomic E-state index is 13.0. The Morgan fingerprint density at radius 2 is 1.54 bits per heavy atom. The lowest BCUT2D eigenvalue weighted by Crippen LogP contribution is -2.51. The first kappa shape index (κ1) is 30.5. The molecular weight excluding hydrogens is 440 g/mol. The summed E-state index contributed by atoms with van der Waals surface area (Å²) in [6, 6.07) is 8.62. The lowest BCUT2D eigenvalue weighted by Gasteiger charge is -2.26. The molecule has 0 fully saturated rings. The number of carbonyl (C=O) groups excluding carboxylic acids is 4. The van der Waals surface area contributed by atoms with Crippen LogP contribution in [-0.4, -0.2) is 47.4 Å². The van der Waals surface area contributed by atoms with Gasteiger partial charge in [0.25, 0.3) is 0 Å². The van der Waals surface area contributed by atoms with Crippen molar-refractivity contribution in [2.45, 2.75) is 116 Å². The monoisotopic (exact) mass is 486 g/mol. The molecule has 0 spiro atoms. The molecule has 6 nitrogen and oxygen atoms in total. The maximum atomic E-state index is 13.0. The van der Waals surface area contributed by atoms with Gasteiger partial charge in [0.05, 0.1) is 6.04 Å². The third-order valence-corrected chi connectivity index (χ3v) is 6.70. The summed E-state index contributed by atoms with van der Waals surface area (Å²) in [4.78, 5) is 51.6. The van der Waals surface area contributed by atoms with Crippen molar-refractivity contribution in [2.24, 2.45) is 0 Å². The van der Waals surface area contributed by atoms with E-state index >= 15 is 0 Å². The number of nitrogens with zero attached hydrogens (tertiary/aromatic N) is 1. The molecule has 0 aliphatic rings. The molecule has 0 radical (unpaired) electrons. The van der Waals surface area contributed by atoms with E-state index in [0.29, 0.717) is 31.7 Å². The smallest absolute Gasteiger partial charge is 0.243 e. The number of hydrogen-bond acceptors (Lipinski definition) is 4. The molecule has 0 saturated carbocycles. The third-order valence-electron chi connectivity index (χ3n) is 6.70. The van der Waals surface area contributed by atoms with Crippen molar-refractivity contribution in [2.75, 3.05) is 6.54 Å². The average molecular weight is 487 g/mol. The van der Waals surface area contributed by atoms with Gasteiger partial charge in [-0.25, -0.2) is 0 Å². The number of ketones is 2. The van der Waals surface area contributed by atoms with Crippen LogP contribution in [-0.2, 0) is 19.2 Å². The van der Waals surface area contributed by atoms with E-state index in [9.17, 15) is 19.2 Å². The topological polar surface area (TPSA) is 83.6 Å². The van der Waals surface area contributed by atoms with Crippen molar-refractivity contribution in [1.82, 2.24) is 10.2 Å². The standard InChI is InChI=1S/C29H46N2O4/c1-5-7-9-14-21-31(22-32)24(4)29(35)30-26(19-11-8-6-2)28(34)27(33)20-15-16-23(3)25-17-12-10-13-18-25/h10,12-13,17-18,22-24,26H,5-9,11,14-16,19-21H2,1-4H3,(H,30,35). The first-order chi connectivity index (χ1) is 16.8. The Hall–Kier alpha value is -2.50. The van der Waals surface area contributed by atoms with Crippen LogP contribution in [0.2, 0.25) is 0 Å². The van der Waals surface area contributed by atoms with Crippen LogP contribution in [0.4, 0.5) is 0 Å². The summed E-state index contributed by atoms with van der Waals surface area (Å²) in [6.07, 6.45) is 9.46. The maximum Gasteiger partial charge on any atom is 0.243 e. The number of rotatable bonds is 20. The molecule has 3 unspecified atom stereocenters. The summed E-state index contributed by atoms with van der Waals surface area (Å²) in [5.74, 6) is -1.01. The number of benzene rings is 1. The summed E-state index contributed by atoms with van der Waals surface area (Å²) in [5.41, 5.74) is 1.22. The van der Waals surface area contributed by atoms with Crippen molar-refractivity contribution >= 4 is 23.9 Å². The van der Waals surface area contributed by atoms with Crippen LogP contribution >= 0.6 is 0 Å². The molecule has 0 heterocycles. The molecule has 35 heavy (non-hydrogen) atoms. The van der Waals surface area contributed by atoms with E-state index in [2.05, 4.69) is 38.2 Å². The van der Waals surface area contributed by atoms with E-state index in [1.165, 1.54) is 10.5 Å². The Kier molecular flexibility index (Phi) is 15.6. The van der Waals surface area contributed by atoms with Gasteiger partial charge in [-0.3, -0.25) is 19.2 Å². The molecule has 0 aliphatic heterocycles. The fourth-order valence-corrected chi connectivity index (χ4v) is 4.20. The highest BCUT2D eigenvalue weighted by Gasteiger charge is 2.29. The molecule has 6 heteroatoms. The van der Waals surface area contributed by atoms with Gasteiger partial charge in [-0.1, -0.05) is 89.6 Å². The van der Waals surface area contributed by atoms with Crippen molar-refractivity contribution in [3.8, 4) is 0 Å². The van der Waals surface area contributed by atoms with Gasteiger partial charge in [0, 0.05) is 13.0 Å². The van der Waals surface area contributed by atoms with Crippen molar-refractivity contribution in [3.63, 3.8) is 0 Å². The second-order valence-electron chi connectivity index (χ2n) is 9.63. The zero-order valence-electron chi connectivity index (χ0n) is 22.3. The molecule has 0 saturated heterocycles. The summed E-state index contributed by atoms with van der Waals surface area (Å²) in [5, 5.41) is 2.79. The number of nitrogens with one attached hydrogen (secondary N) is 1. The molecule has 196 valence electrons. The highest BCUT2D eigenvalue weighted by molar-refractivity contribution is 6.39. The number of unbranched alkanes of at least 4 members (excludes halogenated alkanes) is 5. The highest BCUT2D eigenvalue weighted by Crippen LogP contribution is 2.21. The second-order valence-corrected chi connectivity index (χ2v) is 9.63. The molecule has 3 atom stereocenters. The molecular formula is C29H46N2O4. The van der Waals surface area contributed by atoms with E-state index < -0.39 is 23.7 Å². The lowest BCUT2D eigenvalue weighted by molar-refractivity contribution is -0.140. The van der Waals surface area contributed by atoms with E-state index in [4.69, 9.17) is 0 Å². The van der Waals surface area contributed by atoms with Gasteiger partial charge < -0.3 is 10.2 Å². The van der Waals surface area contributed by atoms with Gasteiger partial charge in [0.15, 0.2) is 0 Å². The van der Waals surface area contributed by atoms with Gasteiger partial charge in [-0.05, 0) is 44.1 Å². The van der Waals surface area contributed by atoms with Crippen LogP contribution in [0, 0.1) is 0 Å². The fraction of sp³-hybridized carbons (Fsp3) is 0.655. The second kappa shape index (κ2) is 17.9. The van der Waals surface area contributed by atoms with Crippen molar-refractivity contribution in [3.05, 3.63) is 35.9 Å². The number of Topliss-reactive ketones (excluding diaryl/α,β-unsaturated/α-hetero) is 2. The quantitative estimate of drug-likeness (QED) is 0.148. The zero-order chi connectivity index (χ0) is 26.1. The Morgan fingerprint density at radius 3 is 2.17 bits per heavy atom. The van der Waals surface area contributed by atoms with Gasteiger partial charge in [-0.15, -0.1) is 0 Å². The minimum Gasteiger partial charge on any atom is -0.344 e. The predicted molar refractivity (Wildman–Crippen MR) is 141 cm³/mol. The van der Waals surface area contributed by atoms with Crippen LogP contribution in [0.5, 0.6) is 0 Å². The Balaban J connectivity index is 2.67. The van der Waals surface area contributed by atoms with E-state index in [-0.39, 0.29) is 12.3 Å².